The summed E-state index contributed by atoms with van der Waals surface area (Å²) < 4.78 is 5.30. The highest BCUT2D eigenvalue weighted by Crippen LogP contribution is 2.31. The Morgan fingerprint density at radius 2 is 1.96 bits per heavy atom. The van der Waals surface area contributed by atoms with E-state index >= 15 is 0 Å². The van der Waals surface area contributed by atoms with Gasteiger partial charge in [-0.2, -0.15) is 4.98 Å². The molecule has 0 saturated heterocycles. The van der Waals surface area contributed by atoms with Crippen LogP contribution in [0, 0.1) is 13.8 Å². The lowest BCUT2D eigenvalue weighted by molar-refractivity contribution is 0.393. The first-order valence-corrected chi connectivity index (χ1v) is 8.88. The van der Waals surface area contributed by atoms with Gasteiger partial charge >= 0.3 is 0 Å². The van der Waals surface area contributed by atoms with E-state index in [0.717, 1.165) is 39.0 Å². The summed E-state index contributed by atoms with van der Waals surface area (Å²) >= 11 is 6.07. The molecule has 7 heteroatoms. The number of aromatic nitrogens is 3. The lowest BCUT2D eigenvalue weighted by atomic mass is 10.0. The van der Waals surface area contributed by atoms with Gasteiger partial charge in [-0.25, -0.2) is 4.98 Å². The molecule has 136 valence electrons. The molecule has 2 heterocycles. The van der Waals surface area contributed by atoms with E-state index in [1.165, 1.54) is 0 Å². The van der Waals surface area contributed by atoms with Crippen molar-refractivity contribution in [2.45, 2.75) is 20.4 Å². The number of hydrogen-bond donors (Lipinski definition) is 2. The number of nitrogens with zero attached hydrogens (tertiary/aromatic N) is 3. The lowest BCUT2D eigenvalue weighted by Gasteiger charge is -2.11. The molecule has 0 unspecified atom stereocenters. The molecule has 6 nitrogen and oxygen atoms in total. The van der Waals surface area contributed by atoms with Crippen LogP contribution >= 0.6 is 11.6 Å². The van der Waals surface area contributed by atoms with Gasteiger partial charge in [-0.1, -0.05) is 35.0 Å². The van der Waals surface area contributed by atoms with Crippen LogP contribution in [0.15, 0.2) is 47.0 Å². The van der Waals surface area contributed by atoms with Crippen molar-refractivity contribution in [3.8, 4) is 11.1 Å². The number of fused-ring (bicyclic) bond motifs is 1. The molecule has 0 bridgehead atoms. The van der Waals surface area contributed by atoms with Crippen molar-refractivity contribution in [3.05, 3.63) is 64.5 Å². The zero-order valence-electron chi connectivity index (χ0n) is 15.0. The number of nitrogens with two attached hydrogens (primary N) is 1. The van der Waals surface area contributed by atoms with Gasteiger partial charge in [-0.15, -0.1) is 0 Å². The molecule has 0 radical (unpaired) electrons. The molecule has 3 N–H and O–H groups in total. The SMILES string of the molecule is Cc1noc(C)c1-c1ccc2nc(N)nc(NCc3cccc(Cl)c3)c2c1. The van der Waals surface area contributed by atoms with Gasteiger partial charge in [-0.3, -0.25) is 0 Å². The van der Waals surface area contributed by atoms with Crippen LogP contribution in [0.4, 0.5) is 11.8 Å². The zero-order chi connectivity index (χ0) is 19.0. The maximum absolute atomic E-state index is 6.07. The van der Waals surface area contributed by atoms with E-state index < -0.39 is 0 Å². The first kappa shape index (κ1) is 17.3. The summed E-state index contributed by atoms with van der Waals surface area (Å²) in [5, 5.41) is 8.96. The summed E-state index contributed by atoms with van der Waals surface area (Å²) in [6.45, 7) is 4.40. The average molecular weight is 380 g/mol. The van der Waals surface area contributed by atoms with E-state index in [2.05, 4.69) is 20.4 Å². The Labute approximate surface area is 161 Å². The monoisotopic (exact) mass is 379 g/mol. The molecule has 27 heavy (non-hydrogen) atoms. The molecule has 0 amide bonds. The summed E-state index contributed by atoms with van der Waals surface area (Å²) in [4.78, 5) is 8.73. The van der Waals surface area contributed by atoms with Crippen molar-refractivity contribution in [1.29, 1.82) is 0 Å². The standard InChI is InChI=1S/C20H18ClN5O/c1-11-18(12(2)27-26-11)14-6-7-17-16(9-14)19(25-20(22)24-17)23-10-13-4-3-5-15(21)8-13/h3-9H,10H2,1-2H3,(H3,22,23,24,25). The number of halogens is 1. The number of aryl methyl sites for hydroxylation is 2. The summed E-state index contributed by atoms with van der Waals surface area (Å²) in [6, 6.07) is 13.6. The first-order chi connectivity index (χ1) is 13.0. The Morgan fingerprint density at radius 1 is 1.11 bits per heavy atom. The zero-order valence-corrected chi connectivity index (χ0v) is 15.7. The minimum Gasteiger partial charge on any atom is -0.368 e. The second kappa shape index (κ2) is 6.89. The Balaban J connectivity index is 1.76. The van der Waals surface area contributed by atoms with Gasteiger partial charge in [0, 0.05) is 22.5 Å². The van der Waals surface area contributed by atoms with Gasteiger partial charge in [0.1, 0.15) is 11.6 Å². The molecule has 2 aromatic carbocycles. The minimum absolute atomic E-state index is 0.223. The van der Waals surface area contributed by atoms with E-state index in [4.69, 9.17) is 21.9 Å². The van der Waals surface area contributed by atoms with Crippen LogP contribution in [0.5, 0.6) is 0 Å². The molecule has 0 spiro atoms. The van der Waals surface area contributed by atoms with Crippen LogP contribution in [-0.2, 0) is 6.54 Å². The lowest BCUT2D eigenvalue weighted by Crippen LogP contribution is -2.05. The largest absolute Gasteiger partial charge is 0.368 e. The van der Waals surface area contributed by atoms with Crippen LogP contribution in [0.2, 0.25) is 5.02 Å². The third-order valence-corrected chi connectivity index (χ3v) is 4.62. The second-order valence-electron chi connectivity index (χ2n) is 6.34. The Bertz CT molecular complexity index is 1120. The maximum atomic E-state index is 6.07. The molecule has 0 aliphatic rings. The van der Waals surface area contributed by atoms with E-state index in [-0.39, 0.29) is 5.95 Å². The average Bonchev–Trinajstić information content (AvgIpc) is 2.98. The highest BCUT2D eigenvalue weighted by Gasteiger charge is 2.14. The van der Waals surface area contributed by atoms with Gasteiger partial charge in [0.05, 0.1) is 11.2 Å². The quantitative estimate of drug-likeness (QED) is 0.531. The normalized spacial score (nSPS) is 11.1. The summed E-state index contributed by atoms with van der Waals surface area (Å²) in [5.41, 5.74) is 10.5. The van der Waals surface area contributed by atoms with Crippen molar-refractivity contribution in [1.82, 2.24) is 15.1 Å². The van der Waals surface area contributed by atoms with Crippen molar-refractivity contribution in [3.63, 3.8) is 0 Å². The molecule has 0 saturated carbocycles. The molecule has 4 aromatic rings. The smallest absolute Gasteiger partial charge is 0.222 e. The molecule has 0 aliphatic carbocycles. The maximum Gasteiger partial charge on any atom is 0.222 e. The summed E-state index contributed by atoms with van der Waals surface area (Å²) in [7, 11) is 0. The van der Waals surface area contributed by atoms with Crippen LogP contribution in [0.25, 0.3) is 22.0 Å². The number of anilines is 2. The van der Waals surface area contributed by atoms with Gasteiger partial charge in [0.25, 0.3) is 0 Å². The van der Waals surface area contributed by atoms with E-state index in [1.807, 2.05) is 56.3 Å². The number of benzene rings is 2. The van der Waals surface area contributed by atoms with Gasteiger partial charge in [0.2, 0.25) is 5.95 Å². The first-order valence-electron chi connectivity index (χ1n) is 8.50. The molecule has 0 fully saturated rings. The highest BCUT2D eigenvalue weighted by molar-refractivity contribution is 6.30. The number of nitrogens with one attached hydrogen (secondary N) is 1. The van der Waals surface area contributed by atoms with E-state index in [9.17, 15) is 0 Å². The van der Waals surface area contributed by atoms with Gasteiger partial charge in [-0.05, 0) is 49.2 Å². The third-order valence-electron chi connectivity index (χ3n) is 4.38. The van der Waals surface area contributed by atoms with Crippen molar-refractivity contribution >= 4 is 34.3 Å². The van der Waals surface area contributed by atoms with E-state index in [1.54, 1.807) is 0 Å². The molecule has 0 aliphatic heterocycles. The predicted molar refractivity (Wildman–Crippen MR) is 108 cm³/mol. The molecular formula is C20H18ClN5O. The fraction of sp³-hybridized carbons (Fsp3) is 0.150. The summed E-state index contributed by atoms with van der Waals surface area (Å²) in [6.07, 6.45) is 0. The number of rotatable bonds is 4. The molecule has 2 aromatic heterocycles. The second-order valence-corrected chi connectivity index (χ2v) is 6.78. The molecule has 0 atom stereocenters. The molecular weight excluding hydrogens is 362 g/mol. The van der Waals surface area contributed by atoms with Gasteiger partial charge in [0.15, 0.2) is 0 Å². The fourth-order valence-electron chi connectivity index (χ4n) is 3.16. The van der Waals surface area contributed by atoms with Crippen molar-refractivity contribution in [2.24, 2.45) is 0 Å². The van der Waals surface area contributed by atoms with Crippen LogP contribution in [0.3, 0.4) is 0 Å². The summed E-state index contributed by atoms with van der Waals surface area (Å²) in [5.74, 6) is 1.67. The van der Waals surface area contributed by atoms with Gasteiger partial charge < -0.3 is 15.6 Å². The Hall–Kier alpha value is -3.12. The number of hydrogen-bond acceptors (Lipinski definition) is 6. The van der Waals surface area contributed by atoms with Crippen molar-refractivity contribution < 1.29 is 4.52 Å². The number of nitrogen functional groups attached to an aromatic ring is 1. The van der Waals surface area contributed by atoms with Crippen LogP contribution in [0.1, 0.15) is 17.0 Å². The minimum atomic E-state index is 0.223. The highest BCUT2D eigenvalue weighted by atomic mass is 35.5. The fourth-order valence-corrected chi connectivity index (χ4v) is 3.38. The van der Waals surface area contributed by atoms with Crippen molar-refractivity contribution in [2.75, 3.05) is 11.1 Å². The van der Waals surface area contributed by atoms with Crippen LogP contribution in [-0.4, -0.2) is 15.1 Å². The van der Waals surface area contributed by atoms with Crippen LogP contribution < -0.4 is 11.1 Å². The Morgan fingerprint density at radius 3 is 2.70 bits per heavy atom. The molecule has 4 rings (SSSR count). The predicted octanol–water partition coefficient (Wildman–Crippen LogP) is 4.75. The Kier molecular flexibility index (Phi) is 4.41. The topological polar surface area (TPSA) is 89.9 Å². The van der Waals surface area contributed by atoms with E-state index in [0.29, 0.717) is 17.4 Å². The third kappa shape index (κ3) is 3.44.